The average molecular weight is 412 g/mol. The summed E-state index contributed by atoms with van der Waals surface area (Å²) in [5.74, 6) is 2.63. The molecule has 1 fully saturated rings. The Balaban J connectivity index is 1.73. The quantitative estimate of drug-likeness (QED) is 0.559. The van der Waals surface area contributed by atoms with Crippen molar-refractivity contribution in [3.63, 3.8) is 0 Å². The second-order valence-electron chi connectivity index (χ2n) is 7.69. The molecule has 0 aromatic heterocycles. The van der Waals surface area contributed by atoms with E-state index in [2.05, 4.69) is 33.4 Å². The van der Waals surface area contributed by atoms with Crippen LogP contribution >= 0.6 is 0 Å². The van der Waals surface area contributed by atoms with E-state index in [-0.39, 0.29) is 5.41 Å². The number of nitrogens with one attached hydrogen (secondary N) is 1. The second kappa shape index (κ2) is 10.3. The molecule has 6 heteroatoms. The molecule has 1 N–H and O–H groups in total. The number of benzene rings is 2. The molecule has 3 rings (SSSR count). The molecule has 1 aliphatic heterocycles. The van der Waals surface area contributed by atoms with Gasteiger partial charge in [-0.1, -0.05) is 30.3 Å². The van der Waals surface area contributed by atoms with Crippen LogP contribution in [0, 0.1) is 0 Å². The van der Waals surface area contributed by atoms with Gasteiger partial charge in [0.2, 0.25) is 0 Å². The Bertz CT molecular complexity index is 830. The van der Waals surface area contributed by atoms with Crippen molar-refractivity contribution in [2.24, 2.45) is 4.99 Å². The lowest BCUT2D eigenvalue weighted by atomic mass is 9.74. The van der Waals surface area contributed by atoms with Crippen LogP contribution in [0.5, 0.6) is 11.5 Å². The molecule has 0 amide bonds. The SMILES string of the molecule is CN=C(NCC1(c2ccc(OC)cc2)CCOCC1)N(C)Cc1ccccc1OC. The first kappa shape index (κ1) is 22.0. The minimum Gasteiger partial charge on any atom is -0.497 e. The van der Waals surface area contributed by atoms with Crippen LogP contribution < -0.4 is 14.8 Å². The van der Waals surface area contributed by atoms with Gasteiger partial charge in [-0.2, -0.15) is 0 Å². The Morgan fingerprint density at radius 1 is 1.07 bits per heavy atom. The molecule has 0 bridgehead atoms. The highest BCUT2D eigenvalue weighted by atomic mass is 16.5. The van der Waals surface area contributed by atoms with Gasteiger partial charge in [-0.25, -0.2) is 0 Å². The minimum atomic E-state index is 0.00569. The van der Waals surface area contributed by atoms with Crippen molar-refractivity contribution in [1.29, 1.82) is 0 Å². The fraction of sp³-hybridized carbons (Fsp3) is 0.458. The Morgan fingerprint density at radius 3 is 2.40 bits per heavy atom. The summed E-state index contributed by atoms with van der Waals surface area (Å²) in [6.07, 6.45) is 1.94. The molecule has 6 nitrogen and oxygen atoms in total. The highest BCUT2D eigenvalue weighted by molar-refractivity contribution is 5.79. The number of para-hydroxylation sites is 1. The lowest BCUT2D eigenvalue weighted by Gasteiger charge is -2.39. The van der Waals surface area contributed by atoms with Crippen LogP contribution in [-0.4, -0.2) is 58.9 Å². The molecule has 0 atom stereocenters. The predicted octanol–water partition coefficient (Wildman–Crippen LogP) is 3.46. The summed E-state index contributed by atoms with van der Waals surface area (Å²) < 4.78 is 16.5. The van der Waals surface area contributed by atoms with E-state index in [1.165, 1.54) is 5.56 Å². The molecule has 0 aliphatic carbocycles. The van der Waals surface area contributed by atoms with Gasteiger partial charge >= 0.3 is 0 Å². The van der Waals surface area contributed by atoms with E-state index in [4.69, 9.17) is 14.2 Å². The summed E-state index contributed by atoms with van der Waals surface area (Å²) in [5.41, 5.74) is 2.44. The third kappa shape index (κ3) is 5.05. The number of guanidine groups is 1. The first-order chi connectivity index (χ1) is 14.6. The average Bonchev–Trinajstić information content (AvgIpc) is 2.80. The number of ether oxygens (including phenoxy) is 3. The summed E-state index contributed by atoms with van der Waals surface area (Å²) in [7, 11) is 7.27. The van der Waals surface area contributed by atoms with Gasteiger partial charge in [-0.05, 0) is 36.6 Å². The van der Waals surface area contributed by atoms with Crippen molar-refractivity contribution < 1.29 is 14.2 Å². The van der Waals surface area contributed by atoms with Gasteiger partial charge in [-0.3, -0.25) is 4.99 Å². The summed E-state index contributed by atoms with van der Waals surface area (Å²) in [5, 5.41) is 3.61. The highest BCUT2D eigenvalue weighted by Gasteiger charge is 2.35. The van der Waals surface area contributed by atoms with Crippen molar-refractivity contribution in [3.05, 3.63) is 59.7 Å². The predicted molar refractivity (Wildman–Crippen MR) is 121 cm³/mol. The summed E-state index contributed by atoms with van der Waals surface area (Å²) in [6.45, 7) is 3.04. The number of rotatable bonds is 7. The normalized spacial score (nSPS) is 16.1. The van der Waals surface area contributed by atoms with Crippen molar-refractivity contribution in [1.82, 2.24) is 10.2 Å². The Labute approximate surface area is 179 Å². The smallest absolute Gasteiger partial charge is 0.193 e. The number of hydrogen-bond acceptors (Lipinski definition) is 4. The Morgan fingerprint density at radius 2 is 1.77 bits per heavy atom. The molecule has 162 valence electrons. The third-order valence-corrected chi connectivity index (χ3v) is 5.91. The van der Waals surface area contributed by atoms with Crippen molar-refractivity contribution in [2.45, 2.75) is 24.8 Å². The van der Waals surface area contributed by atoms with E-state index >= 15 is 0 Å². The van der Waals surface area contributed by atoms with Gasteiger partial charge in [0, 0.05) is 51.4 Å². The molecule has 1 saturated heterocycles. The maximum atomic E-state index is 5.67. The molecule has 2 aromatic carbocycles. The van der Waals surface area contributed by atoms with E-state index in [9.17, 15) is 0 Å². The van der Waals surface area contributed by atoms with Crippen LogP contribution in [0.15, 0.2) is 53.5 Å². The molecule has 30 heavy (non-hydrogen) atoms. The van der Waals surface area contributed by atoms with Crippen LogP contribution in [0.3, 0.4) is 0 Å². The van der Waals surface area contributed by atoms with Gasteiger partial charge in [0.05, 0.1) is 14.2 Å². The molecule has 1 aliphatic rings. The maximum absolute atomic E-state index is 5.67. The fourth-order valence-corrected chi connectivity index (χ4v) is 4.07. The first-order valence-electron chi connectivity index (χ1n) is 10.4. The lowest BCUT2D eigenvalue weighted by Crippen LogP contribution is -2.48. The van der Waals surface area contributed by atoms with Crippen molar-refractivity contribution in [3.8, 4) is 11.5 Å². The van der Waals surface area contributed by atoms with Gasteiger partial charge in [0.25, 0.3) is 0 Å². The number of methoxy groups -OCH3 is 2. The monoisotopic (exact) mass is 411 g/mol. The van der Waals surface area contributed by atoms with Crippen LogP contribution in [0.2, 0.25) is 0 Å². The van der Waals surface area contributed by atoms with Crippen molar-refractivity contribution in [2.75, 3.05) is 48.1 Å². The van der Waals surface area contributed by atoms with Crippen LogP contribution in [0.1, 0.15) is 24.0 Å². The minimum absolute atomic E-state index is 0.00569. The third-order valence-electron chi connectivity index (χ3n) is 5.91. The molecule has 0 spiro atoms. The molecule has 0 radical (unpaired) electrons. The molecule has 0 unspecified atom stereocenters. The maximum Gasteiger partial charge on any atom is 0.193 e. The number of aliphatic imine (C=N–C) groups is 1. The zero-order valence-electron chi connectivity index (χ0n) is 18.5. The summed E-state index contributed by atoms with van der Waals surface area (Å²) in [4.78, 5) is 6.64. The largest absolute Gasteiger partial charge is 0.497 e. The second-order valence-corrected chi connectivity index (χ2v) is 7.69. The number of nitrogens with zero attached hydrogens (tertiary/aromatic N) is 2. The molecular weight excluding hydrogens is 378 g/mol. The van der Waals surface area contributed by atoms with Crippen LogP contribution in [0.4, 0.5) is 0 Å². The van der Waals surface area contributed by atoms with Gasteiger partial charge in [0.1, 0.15) is 11.5 Å². The molecule has 2 aromatic rings. The zero-order chi connectivity index (χ0) is 21.4. The topological polar surface area (TPSA) is 55.3 Å². The summed E-state index contributed by atoms with van der Waals surface area (Å²) in [6, 6.07) is 16.5. The van der Waals surface area contributed by atoms with E-state index in [1.54, 1.807) is 14.2 Å². The van der Waals surface area contributed by atoms with E-state index < -0.39 is 0 Å². The number of hydrogen-bond donors (Lipinski definition) is 1. The highest BCUT2D eigenvalue weighted by Crippen LogP contribution is 2.35. The Kier molecular flexibility index (Phi) is 7.57. The van der Waals surface area contributed by atoms with Gasteiger partial charge in [-0.15, -0.1) is 0 Å². The van der Waals surface area contributed by atoms with Gasteiger partial charge < -0.3 is 24.4 Å². The first-order valence-corrected chi connectivity index (χ1v) is 10.4. The van der Waals surface area contributed by atoms with E-state index in [1.807, 2.05) is 44.4 Å². The zero-order valence-corrected chi connectivity index (χ0v) is 18.5. The molecule has 1 heterocycles. The molecule has 0 saturated carbocycles. The lowest BCUT2D eigenvalue weighted by molar-refractivity contribution is 0.0512. The van der Waals surface area contributed by atoms with Gasteiger partial charge in [0.15, 0.2) is 5.96 Å². The van der Waals surface area contributed by atoms with E-state index in [0.717, 1.165) is 55.6 Å². The van der Waals surface area contributed by atoms with Crippen molar-refractivity contribution >= 4 is 5.96 Å². The standard InChI is InChI=1S/C24H33N3O3/c1-25-23(27(2)17-19-7-5-6-8-22(19)29-4)26-18-24(13-15-30-16-14-24)20-9-11-21(28-3)12-10-20/h5-12H,13-18H2,1-4H3,(H,25,26). The van der Waals surface area contributed by atoms with Crippen LogP contribution in [-0.2, 0) is 16.7 Å². The molecular formula is C24H33N3O3. The fourth-order valence-electron chi connectivity index (χ4n) is 4.07. The summed E-state index contributed by atoms with van der Waals surface area (Å²) >= 11 is 0. The van der Waals surface area contributed by atoms with Crippen LogP contribution in [0.25, 0.3) is 0 Å². The van der Waals surface area contributed by atoms with E-state index in [0.29, 0.717) is 6.54 Å². The Hall–Kier alpha value is -2.73.